The number of aryl methyl sites for hydroxylation is 2. The summed E-state index contributed by atoms with van der Waals surface area (Å²) in [7, 11) is 0. The maximum absolute atomic E-state index is 4.85. The Morgan fingerprint density at radius 1 is 1.04 bits per heavy atom. The van der Waals surface area contributed by atoms with Gasteiger partial charge in [-0.15, -0.1) is 11.3 Å². The number of nitrogens with zero attached hydrogens (tertiary/aromatic N) is 4. The van der Waals surface area contributed by atoms with Crippen molar-refractivity contribution in [3.8, 4) is 0 Å². The number of hydrogen-bond donors (Lipinski definition) is 0. The number of fused-ring (bicyclic) bond motifs is 2. The van der Waals surface area contributed by atoms with Gasteiger partial charge in [0.25, 0.3) is 0 Å². The van der Waals surface area contributed by atoms with Gasteiger partial charge in [0.1, 0.15) is 10.8 Å². The average molecular weight is 357 g/mol. The molecule has 0 N–H and O–H groups in total. The molecule has 3 heterocycles. The largest absolute Gasteiger partial charge is 0.353 e. The first-order valence-corrected chi connectivity index (χ1v) is 10.2. The van der Waals surface area contributed by atoms with Crippen molar-refractivity contribution >= 4 is 38.8 Å². The lowest BCUT2D eigenvalue weighted by atomic mass is 10.2. The van der Waals surface area contributed by atoms with Crippen molar-refractivity contribution in [3.63, 3.8) is 0 Å². The highest BCUT2D eigenvalue weighted by Gasteiger charge is 2.23. The molecule has 0 atom stereocenters. The van der Waals surface area contributed by atoms with Crippen molar-refractivity contribution in [1.29, 1.82) is 0 Å². The molecule has 1 aromatic carbocycles. The van der Waals surface area contributed by atoms with Crippen LogP contribution in [0, 0.1) is 0 Å². The van der Waals surface area contributed by atoms with Crippen molar-refractivity contribution in [3.05, 3.63) is 39.8 Å². The molecule has 1 aliphatic heterocycles. The molecule has 3 aromatic rings. The highest BCUT2D eigenvalue weighted by Crippen LogP contribution is 2.31. The van der Waals surface area contributed by atoms with Crippen LogP contribution in [0.15, 0.2) is 24.3 Å². The van der Waals surface area contributed by atoms with Crippen LogP contribution in [0.1, 0.15) is 22.0 Å². The Morgan fingerprint density at radius 2 is 1.92 bits per heavy atom. The summed E-state index contributed by atoms with van der Waals surface area (Å²) >= 11 is 3.55. The third-order valence-corrected chi connectivity index (χ3v) is 6.99. The Kier molecular flexibility index (Phi) is 3.76. The van der Waals surface area contributed by atoms with E-state index in [-0.39, 0.29) is 0 Å². The fraction of sp³-hybridized carbons (Fsp3) is 0.444. The molecule has 0 amide bonds. The summed E-state index contributed by atoms with van der Waals surface area (Å²) < 4.78 is 5.98. The molecule has 124 valence electrons. The lowest BCUT2D eigenvalue weighted by molar-refractivity contribution is 0.249. The van der Waals surface area contributed by atoms with Crippen LogP contribution in [-0.4, -0.2) is 40.4 Å². The molecule has 1 fully saturated rings. The van der Waals surface area contributed by atoms with Gasteiger partial charge in [0, 0.05) is 36.4 Å². The van der Waals surface area contributed by atoms with Gasteiger partial charge in [-0.2, -0.15) is 4.37 Å². The van der Waals surface area contributed by atoms with Gasteiger partial charge in [-0.05, 0) is 42.9 Å². The first-order chi connectivity index (χ1) is 11.9. The lowest BCUT2D eigenvalue weighted by Crippen LogP contribution is -2.46. The van der Waals surface area contributed by atoms with E-state index in [9.17, 15) is 0 Å². The second-order valence-electron chi connectivity index (χ2n) is 6.60. The Hall–Kier alpha value is -1.50. The van der Waals surface area contributed by atoms with Crippen molar-refractivity contribution in [2.24, 2.45) is 0 Å². The minimum absolute atomic E-state index is 1.02. The van der Waals surface area contributed by atoms with Crippen molar-refractivity contribution in [2.45, 2.75) is 25.8 Å². The highest BCUT2D eigenvalue weighted by atomic mass is 32.1. The summed E-state index contributed by atoms with van der Waals surface area (Å²) in [4.78, 5) is 11.4. The van der Waals surface area contributed by atoms with E-state index in [0.717, 1.165) is 32.7 Å². The zero-order valence-corrected chi connectivity index (χ0v) is 15.2. The SMILES string of the molecule is c1ccc2c(N3CCN(Cc4nc5c(s4)CCC5)CC3)nsc2c1. The van der Waals surface area contributed by atoms with Gasteiger partial charge in [-0.1, -0.05) is 12.1 Å². The number of anilines is 1. The van der Waals surface area contributed by atoms with E-state index in [1.165, 1.54) is 50.7 Å². The minimum atomic E-state index is 1.02. The topological polar surface area (TPSA) is 32.3 Å². The van der Waals surface area contributed by atoms with Crippen molar-refractivity contribution < 1.29 is 0 Å². The van der Waals surface area contributed by atoms with E-state index in [1.807, 2.05) is 11.3 Å². The molecular formula is C18H20N4S2. The molecule has 0 radical (unpaired) electrons. The van der Waals surface area contributed by atoms with Gasteiger partial charge in [0.2, 0.25) is 0 Å². The summed E-state index contributed by atoms with van der Waals surface area (Å²) in [6.45, 7) is 5.31. The molecule has 5 rings (SSSR count). The smallest absolute Gasteiger partial charge is 0.150 e. The van der Waals surface area contributed by atoms with E-state index in [4.69, 9.17) is 9.36 Å². The zero-order chi connectivity index (χ0) is 15.9. The molecular weight excluding hydrogens is 336 g/mol. The lowest BCUT2D eigenvalue weighted by Gasteiger charge is -2.34. The standard InChI is InChI=1S/C18H20N4S2/c1-2-6-15-13(4-1)18(20-24-15)22-10-8-21(9-11-22)12-17-19-14-5-3-7-16(14)23-17/h1-2,4,6H,3,5,7-12H2. The molecule has 1 aliphatic carbocycles. The Bertz CT molecular complexity index is 839. The Balaban J connectivity index is 1.25. The quantitative estimate of drug-likeness (QED) is 0.718. The summed E-state index contributed by atoms with van der Waals surface area (Å²) in [5, 5.41) is 2.61. The average Bonchev–Trinajstić information content (AvgIpc) is 3.30. The van der Waals surface area contributed by atoms with Crippen LogP contribution in [0.2, 0.25) is 0 Å². The van der Waals surface area contributed by atoms with Gasteiger partial charge in [0.15, 0.2) is 0 Å². The number of aromatic nitrogens is 2. The first kappa shape index (κ1) is 14.8. The van der Waals surface area contributed by atoms with E-state index in [0.29, 0.717) is 0 Å². The van der Waals surface area contributed by atoms with Crippen LogP contribution >= 0.6 is 22.9 Å². The summed E-state index contributed by atoms with van der Waals surface area (Å²) in [6, 6.07) is 8.55. The molecule has 24 heavy (non-hydrogen) atoms. The minimum Gasteiger partial charge on any atom is -0.353 e. The number of piperazine rings is 1. The fourth-order valence-electron chi connectivity index (χ4n) is 3.72. The maximum Gasteiger partial charge on any atom is 0.150 e. The molecule has 0 unspecified atom stereocenters. The van der Waals surface area contributed by atoms with Crippen molar-refractivity contribution in [1.82, 2.24) is 14.3 Å². The van der Waals surface area contributed by atoms with Gasteiger partial charge >= 0.3 is 0 Å². The van der Waals surface area contributed by atoms with Crippen LogP contribution in [0.5, 0.6) is 0 Å². The molecule has 2 aliphatic rings. The molecule has 6 heteroatoms. The third-order valence-electron chi connectivity index (χ3n) is 5.03. The Labute approximate surface area is 149 Å². The second kappa shape index (κ2) is 6.10. The monoisotopic (exact) mass is 356 g/mol. The molecule has 0 saturated carbocycles. The van der Waals surface area contributed by atoms with Gasteiger partial charge in [-0.3, -0.25) is 4.90 Å². The van der Waals surface area contributed by atoms with Crippen LogP contribution in [-0.2, 0) is 19.4 Å². The molecule has 1 saturated heterocycles. The van der Waals surface area contributed by atoms with Crippen molar-refractivity contribution in [2.75, 3.05) is 31.1 Å². The number of benzene rings is 1. The fourth-order valence-corrected chi connectivity index (χ4v) is 5.72. The van der Waals surface area contributed by atoms with Gasteiger partial charge < -0.3 is 4.90 Å². The first-order valence-electron chi connectivity index (χ1n) is 8.66. The summed E-state index contributed by atoms with van der Waals surface area (Å²) in [5.74, 6) is 1.17. The van der Waals surface area contributed by atoms with Crippen LogP contribution in [0.3, 0.4) is 0 Å². The highest BCUT2D eigenvalue weighted by molar-refractivity contribution is 7.13. The normalized spacial score (nSPS) is 18.4. The van der Waals surface area contributed by atoms with Gasteiger partial charge in [-0.25, -0.2) is 4.98 Å². The van der Waals surface area contributed by atoms with Gasteiger partial charge in [0.05, 0.1) is 16.9 Å². The van der Waals surface area contributed by atoms with Crippen LogP contribution in [0.25, 0.3) is 10.1 Å². The van der Waals surface area contributed by atoms with Crippen LogP contribution in [0.4, 0.5) is 5.82 Å². The number of hydrogen-bond acceptors (Lipinski definition) is 6. The summed E-state index contributed by atoms with van der Waals surface area (Å²) in [5.41, 5.74) is 1.38. The van der Waals surface area contributed by atoms with E-state index < -0.39 is 0 Å². The van der Waals surface area contributed by atoms with Crippen LogP contribution < -0.4 is 4.90 Å². The molecule has 4 nitrogen and oxygen atoms in total. The molecule has 0 spiro atoms. The summed E-state index contributed by atoms with van der Waals surface area (Å²) in [6.07, 6.45) is 3.74. The third kappa shape index (κ3) is 2.62. The zero-order valence-electron chi connectivity index (χ0n) is 13.6. The number of thiazole rings is 1. The van der Waals surface area contributed by atoms with E-state index >= 15 is 0 Å². The molecule has 2 aromatic heterocycles. The molecule has 0 bridgehead atoms. The van der Waals surface area contributed by atoms with E-state index in [2.05, 4.69) is 34.1 Å². The predicted molar refractivity (Wildman–Crippen MR) is 101 cm³/mol. The predicted octanol–water partition coefficient (Wildman–Crippen LogP) is 3.56. The second-order valence-corrected chi connectivity index (χ2v) is 8.57. The number of rotatable bonds is 3. The van der Waals surface area contributed by atoms with E-state index in [1.54, 1.807) is 11.5 Å². The Morgan fingerprint density at radius 3 is 2.79 bits per heavy atom. The maximum atomic E-state index is 4.85.